The fourth-order valence-electron chi connectivity index (χ4n) is 3.62. The molecule has 2 heterocycles. The number of carbonyl (C=O) groups is 3. The topological polar surface area (TPSA) is 87.7 Å². The summed E-state index contributed by atoms with van der Waals surface area (Å²) in [5, 5.41) is 5.02. The second-order valence-corrected chi connectivity index (χ2v) is 7.01. The van der Waals surface area contributed by atoms with Crippen molar-refractivity contribution in [2.45, 2.75) is 31.9 Å². The molecule has 0 saturated carbocycles. The third-order valence-corrected chi connectivity index (χ3v) is 5.16. The van der Waals surface area contributed by atoms with Gasteiger partial charge in [-0.15, -0.1) is 0 Å². The van der Waals surface area contributed by atoms with E-state index in [4.69, 9.17) is 6.11 Å². The summed E-state index contributed by atoms with van der Waals surface area (Å²) in [6, 6.07) is 4.48. The van der Waals surface area contributed by atoms with Crippen molar-refractivity contribution < 1.29 is 29.3 Å². The van der Waals surface area contributed by atoms with E-state index in [-0.39, 0.29) is 42.7 Å². The van der Waals surface area contributed by atoms with E-state index in [0.29, 0.717) is 11.3 Å². The predicted molar refractivity (Wildman–Crippen MR) is 103 cm³/mol. The van der Waals surface area contributed by atoms with Crippen LogP contribution in [0.2, 0.25) is 0 Å². The minimum absolute atomic E-state index is 0.00583. The maximum absolute atomic E-state index is 14.2. The Hall–Kier alpha value is -3.49. The fraction of sp³-hybridized carbons (Fsp3) is 0.286. The molecule has 1 fully saturated rings. The Morgan fingerprint density at radius 1 is 1.27 bits per heavy atom. The normalized spacial score (nSPS) is 21.2. The van der Waals surface area contributed by atoms with E-state index in [1.165, 1.54) is 31.4 Å². The van der Waals surface area contributed by atoms with Gasteiger partial charge in [-0.1, -0.05) is 0 Å². The smallest absolute Gasteiger partial charge is 0.255 e. The molecular formula is C21H19F2N3O4. The summed E-state index contributed by atoms with van der Waals surface area (Å²) >= 11 is 0. The average Bonchev–Trinajstić information content (AvgIpc) is 3.07. The van der Waals surface area contributed by atoms with Crippen LogP contribution < -0.4 is 15.4 Å². The zero-order valence-corrected chi connectivity index (χ0v) is 16.1. The summed E-state index contributed by atoms with van der Waals surface area (Å²) in [5.41, 5.74) is 0.945. The van der Waals surface area contributed by atoms with E-state index in [1.54, 1.807) is 0 Å². The van der Waals surface area contributed by atoms with Gasteiger partial charge in [0.25, 0.3) is 5.91 Å². The molecule has 1 saturated heterocycles. The zero-order valence-electron chi connectivity index (χ0n) is 17.1. The highest BCUT2D eigenvalue weighted by molar-refractivity contribution is 6.06. The lowest BCUT2D eigenvalue weighted by atomic mass is 10.0. The van der Waals surface area contributed by atoms with Crippen LogP contribution >= 0.6 is 0 Å². The van der Waals surface area contributed by atoms with Gasteiger partial charge in [-0.25, -0.2) is 8.78 Å². The van der Waals surface area contributed by atoms with Gasteiger partial charge >= 0.3 is 0 Å². The van der Waals surface area contributed by atoms with Crippen LogP contribution in [0.15, 0.2) is 30.3 Å². The Bertz CT molecular complexity index is 1110. The number of amides is 3. The van der Waals surface area contributed by atoms with Gasteiger partial charge in [-0.05, 0) is 36.8 Å². The van der Waals surface area contributed by atoms with Crippen LogP contribution in [0.5, 0.6) is 5.75 Å². The van der Waals surface area contributed by atoms with Gasteiger partial charge in [-0.3, -0.25) is 19.7 Å². The zero-order chi connectivity index (χ0) is 22.3. The van der Waals surface area contributed by atoms with Crippen LogP contribution in [0.4, 0.5) is 14.5 Å². The van der Waals surface area contributed by atoms with Gasteiger partial charge in [0.2, 0.25) is 11.8 Å². The van der Waals surface area contributed by atoms with Crippen LogP contribution in [-0.2, 0) is 22.7 Å². The molecule has 4 rings (SSSR count). The molecule has 0 unspecified atom stereocenters. The minimum atomic E-state index is -1.98. The SMILES string of the molecule is [2H][C@@]1(N2Cc3c(NCc4cc(OC)ccc4F)cc(F)cc3C2=O)CCC(=O)NC1=O. The molecule has 2 N–H and O–H groups in total. The summed E-state index contributed by atoms with van der Waals surface area (Å²) < 4.78 is 42.0. The van der Waals surface area contributed by atoms with Gasteiger partial charge in [0.05, 0.1) is 8.48 Å². The average molecular weight is 416 g/mol. The number of ether oxygens (including phenoxy) is 1. The van der Waals surface area contributed by atoms with Gasteiger partial charge < -0.3 is 15.0 Å². The monoisotopic (exact) mass is 416 g/mol. The van der Waals surface area contributed by atoms with Gasteiger partial charge in [0, 0.05) is 41.9 Å². The summed E-state index contributed by atoms with van der Waals surface area (Å²) in [7, 11) is 1.45. The maximum Gasteiger partial charge on any atom is 0.255 e. The van der Waals surface area contributed by atoms with E-state index in [2.05, 4.69) is 10.6 Å². The van der Waals surface area contributed by atoms with Crippen LogP contribution in [0, 0.1) is 11.6 Å². The Morgan fingerprint density at radius 3 is 2.80 bits per heavy atom. The molecule has 3 amide bonds. The van der Waals surface area contributed by atoms with Crippen molar-refractivity contribution in [2.75, 3.05) is 12.4 Å². The molecule has 9 heteroatoms. The first-order valence-electron chi connectivity index (χ1n) is 9.78. The van der Waals surface area contributed by atoms with E-state index in [1.807, 2.05) is 0 Å². The lowest BCUT2D eigenvalue weighted by Gasteiger charge is -2.29. The number of halogens is 2. The van der Waals surface area contributed by atoms with E-state index < -0.39 is 35.4 Å². The number of nitrogens with one attached hydrogen (secondary N) is 2. The number of anilines is 1. The van der Waals surface area contributed by atoms with Crippen molar-refractivity contribution in [1.29, 1.82) is 0 Å². The molecule has 1 atom stereocenters. The number of benzene rings is 2. The standard InChI is InChI=1S/C21H19F2N3O4/c1-30-13-2-3-16(23)11(6-13)9-24-17-8-12(22)7-14-15(17)10-26(21(14)29)18-4-5-19(27)25-20(18)28/h2-3,6-8,18,24H,4-5,9-10H2,1H3,(H,25,27,28)/t18-/m1/s1/i18D. The van der Waals surface area contributed by atoms with Gasteiger partial charge in [0.1, 0.15) is 23.4 Å². The summed E-state index contributed by atoms with van der Waals surface area (Å²) in [6.45, 7) is -0.128. The number of hydrogen-bond donors (Lipinski definition) is 2. The van der Waals surface area contributed by atoms with E-state index in [9.17, 15) is 23.2 Å². The molecule has 0 spiro atoms. The lowest BCUT2D eigenvalue weighted by Crippen LogP contribution is -2.52. The van der Waals surface area contributed by atoms with Gasteiger partial charge in [0.15, 0.2) is 0 Å². The Morgan fingerprint density at radius 2 is 2.07 bits per heavy atom. The summed E-state index contributed by atoms with van der Waals surface area (Å²) in [4.78, 5) is 37.7. The fourth-order valence-corrected chi connectivity index (χ4v) is 3.62. The Labute approximate surface area is 172 Å². The summed E-state index contributed by atoms with van der Waals surface area (Å²) in [6.07, 6.45) is -0.235. The van der Waals surface area contributed by atoms with Crippen LogP contribution in [0.3, 0.4) is 0 Å². The van der Waals surface area contributed by atoms with Crippen molar-refractivity contribution >= 4 is 23.4 Å². The van der Waals surface area contributed by atoms with Crippen molar-refractivity contribution in [3.05, 3.63) is 58.7 Å². The highest BCUT2D eigenvalue weighted by Crippen LogP contribution is 2.33. The van der Waals surface area contributed by atoms with Crippen LogP contribution in [0.1, 0.15) is 35.7 Å². The minimum Gasteiger partial charge on any atom is -0.497 e. The first-order valence-corrected chi connectivity index (χ1v) is 9.28. The molecule has 7 nitrogen and oxygen atoms in total. The Balaban J connectivity index is 1.62. The van der Waals surface area contributed by atoms with Crippen molar-refractivity contribution in [3.8, 4) is 5.75 Å². The second kappa shape index (κ2) is 7.74. The quantitative estimate of drug-likeness (QED) is 0.731. The number of fused-ring (bicyclic) bond motifs is 1. The molecule has 0 radical (unpaired) electrons. The second-order valence-electron chi connectivity index (χ2n) is 7.01. The number of hydrogen-bond acceptors (Lipinski definition) is 5. The number of imide groups is 1. The molecule has 2 aromatic rings. The molecule has 2 aliphatic heterocycles. The highest BCUT2D eigenvalue weighted by atomic mass is 19.1. The van der Waals surface area contributed by atoms with Crippen molar-refractivity contribution in [3.63, 3.8) is 0 Å². The molecule has 0 bridgehead atoms. The number of carbonyl (C=O) groups excluding carboxylic acids is 3. The van der Waals surface area contributed by atoms with Crippen molar-refractivity contribution in [2.24, 2.45) is 0 Å². The first kappa shape index (κ1) is 18.5. The lowest BCUT2D eigenvalue weighted by molar-refractivity contribution is -0.136. The number of rotatable bonds is 5. The highest BCUT2D eigenvalue weighted by Gasteiger charge is 2.40. The molecule has 0 aromatic heterocycles. The largest absolute Gasteiger partial charge is 0.497 e. The third-order valence-electron chi connectivity index (χ3n) is 5.16. The molecule has 0 aliphatic carbocycles. The number of nitrogens with zero attached hydrogens (tertiary/aromatic N) is 1. The van der Waals surface area contributed by atoms with Crippen molar-refractivity contribution in [1.82, 2.24) is 10.2 Å². The molecule has 30 heavy (non-hydrogen) atoms. The maximum atomic E-state index is 14.2. The Kier molecular flexibility index (Phi) is 4.78. The molecule has 2 aliphatic rings. The number of methoxy groups -OCH3 is 1. The van der Waals surface area contributed by atoms with E-state index in [0.717, 1.165) is 11.0 Å². The molecule has 2 aromatic carbocycles. The van der Waals surface area contributed by atoms with Crippen LogP contribution in [-0.4, -0.2) is 35.7 Å². The molecule has 156 valence electrons. The van der Waals surface area contributed by atoms with E-state index >= 15 is 0 Å². The molecular weight excluding hydrogens is 396 g/mol. The summed E-state index contributed by atoms with van der Waals surface area (Å²) in [5.74, 6) is -2.79. The third kappa shape index (κ3) is 3.58. The van der Waals surface area contributed by atoms with Gasteiger partial charge in [-0.2, -0.15) is 0 Å². The first-order chi connectivity index (χ1) is 14.7. The number of piperidine rings is 1. The van der Waals surface area contributed by atoms with Crippen LogP contribution in [0.25, 0.3) is 0 Å². The predicted octanol–water partition coefficient (Wildman–Crippen LogP) is 2.35.